The number of para-hydroxylation sites is 1. The molecule has 0 fully saturated rings. The fourth-order valence-corrected chi connectivity index (χ4v) is 2.43. The zero-order valence-electron chi connectivity index (χ0n) is 9.86. The fourth-order valence-electron chi connectivity index (χ4n) is 2.05. The van der Waals surface area contributed by atoms with Crippen molar-refractivity contribution in [3.8, 4) is 0 Å². The summed E-state index contributed by atoms with van der Waals surface area (Å²) in [6.07, 6.45) is 4.35. The largest absolute Gasteiger partial charge is 0.346 e. The summed E-state index contributed by atoms with van der Waals surface area (Å²) in [4.78, 5) is 0. The number of fused-ring (bicyclic) bond motifs is 1. The Kier molecular flexibility index (Phi) is 3.91. The minimum absolute atomic E-state index is 0.931. The van der Waals surface area contributed by atoms with Crippen molar-refractivity contribution in [2.75, 3.05) is 19.1 Å². The van der Waals surface area contributed by atoms with Gasteiger partial charge in [-0.2, -0.15) is 11.8 Å². The van der Waals surface area contributed by atoms with E-state index in [4.69, 9.17) is 0 Å². The Morgan fingerprint density at radius 2 is 2.19 bits per heavy atom. The van der Waals surface area contributed by atoms with Crippen LogP contribution in [0.3, 0.4) is 0 Å². The summed E-state index contributed by atoms with van der Waals surface area (Å²) in [5, 5.41) is 4.57. The molecule has 1 aromatic heterocycles. The first-order valence-electron chi connectivity index (χ1n) is 5.57. The van der Waals surface area contributed by atoms with Crippen LogP contribution in [0.2, 0.25) is 0 Å². The third kappa shape index (κ3) is 2.25. The lowest BCUT2D eigenvalue weighted by Crippen LogP contribution is -2.08. The van der Waals surface area contributed by atoms with Gasteiger partial charge in [-0.3, -0.25) is 0 Å². The Morgan fingerprint density at radius 1 is 1.31 bits per heavy atom. The van der Waals surface area contributed by atoms with Gasteiger partial charge in [-0.15, -0.1) is 0 Å². The molecule has 0 radical (unpaired) electrons. The molecule has 1 aromatic carbocycles. The first kappa shape index (κ1) is 11.6. The second kappa shape index (κ2) is 5.41. The average molecular weight is 234 g/mol. The molecule has 2 aromatic rings. The topological polar surface area (TPSA) is 17.0 Å². The maximum atomic E-state index is 3.23. The molecule has 0 amide bonds. The highest BCUT2D eigenvalue weighted by molar-refractivity contribution is 7.98. The van der Waals surface area contributed by atoms with Gasteiger partial charge < -0.3 is 9.88 Å². The predicted molar refractivity (Wildman–Crippen MR) is 73.1 cm³/mol. The molecule has 0 unspecified atom stereocenters. The van der Waals surface area contributed by atoms with Gasteiger partial charge in [-0.05, 0) is 30.3 Å². The molecule has 16 heavy (non-hydrogen) atoms. The van der Waals surface area contributed by atoms with E-state index in [2.05, 4.69) is 46.6 Å². The highest BCUT2D eigenvalue weighted by Gasteiger charge is 2.05. The summed E-state index contributed by atoms with van der Waals surface area (Å²) >= 11 is 1.89. The maximum Gasteiger partial charge on any atom is 0.0526 e. The molecule has 2 nitrogen and oxygen atoms in total. The average Bonchev–Trinajstić information content (AvgIpc) is 2.71. The molecular weight excluding hydrogens is 216 g/mol. The van der Waals surface area contributed by atoms with Crippen molar-refractivity contribution >= 4 is 22.7 Å². The molecule has 1 heterocycles. The Labute approximate surface area is 101 Å². The van der Waals surface area contributed by atoms with Crippen molar-refractivity contribution in [3.05, 3.63) is 36.0 Å². The van der Waals surface area contributed by atoms with Gasteiger partial charge in [-0.1, -0.05) is 18.2 Å². The lowest BCUT2D eigenvalue weighted by molar-refractivity contribution is 0.782. The van der Waals surface area contributed by atoms with Crippen LogP contribution in [0.5, 0.6) is 0 Å². The van der Waals surface area contributed by atoms with Gasteiger partial charge in [0.15, 0.2) is 0 Å². The number of hydrogen-bond donors (Lipinski definition) is 1. The Morgan fingerprint density at radius 3 is 2.94 bits per heavy atom. The maximum absolute atomic E-state index is 3.23. The standard InChI is InChI=1S/C13H18N2S/c1-14-10-12-5-3-4-11-6-7-15(13(11)12)8-9-16-2/h3-7,14H,8-10H2,1-2H3. The summed E-state index contributed by atoms with van der Waals surface area (Å²) in [6, 6.07) is 8.72. The third-order valence-corrected chi connectivity index (χ3v) is 3.37. The van der Waals surface area contributed by atoms with Gasteiger partial charge >= 0.3 is 0 Å². The van der Waals surface area contributed by atoms with E-state index in [0.717, 1.165) is 18.8 Å². The summed E-state index contributed by atoms with van der Waals surface area (Å²) < 4.78 is 2.36. The van der Waals surface area contributed by atoms with Crippen molar-refractivity contribution in [3.63, 3.8) is 0 Å². The molecule has 0 saturated carbocycles. The zero-order valence-corrected chi connectivity index (χ0v) is 10.7. The number of nitrogens with zero attached hydrogens (tertiary/aromatic N) is 1. The number of hydrogen-bond acceptors (Lipinski definition) is 2. The molecule has 0 aliphatic carbocycles. The van der Waals surface area contributed by atoms with E-state index < -0.39 is 0 Å². The molecule has 0 spiro atoms. The van der Waals surface area contributed by atoms with E-state index in [1.54, 1.807) is 0 Å². The molecule has 0 aliphatic heterocycles. The van der Waals surface area contributed by atoms with Crippen molar-refractivity contribution in [1.29, 1.82) is 0 Å². The fraction of sp³-hybridized carbons (Fsp3) is 0.385. The van der Waals surface area contributed by atoms with E-state index in [-0.39, 0.29) is 0 Å². The molecule has 1 N–H and O–H groups in total. The van der Waals surface area contributed by atoms with E-state index >= 15 is 0 Å². The number of aromatic nitrogens is 1. The Hall–Kier alpha value is -0.930. The van der Waals surface area contributed by atoms with Crippen LogP contribution in [0.4, 0.5) is 0 Å². The molecule has 2 rings (SSSR count). The molecule has 86 valence electrons. The molecular formula is C13H18N2S. The van der Waals surface area contributed by atoms with Crippen molar-refractivity contribution in [2.24, 2.45) is 0 Å². The summed E-state index contributed by atoms with van der Waals surface area (Å²) in [7, 11) is 1.99. The minimum atomic E-state index is 0.931. The Bertz CT molecular complexity index is 462. The van der Waals surface area contributed by atoms with Crippen LogP contribution in [-0.2, 0) is 13.1 Å². The van der Waals surface area contributed by atoms with Crippen LogP contribution < -0.4 is 5.32 Å². The second-order valence-electron chi connectivity index (χ2n) is 3.89. The van der Waals surface area contributed by atoms with Gasteiger partial charge in [0.1, 0.15) is 0 Å². The first-order valence-corrected chi connectivity index (χ1v) is 6.96. The summed E-state index contributed by atoms with van der Waals surface area (Å²) in [5.41, 5.74) is 2.76. The monoisotopic (exact) mass is 234 g/mol. The number of nitrogens with one attached hydrogen (secondary N) is 1. The van der Waals surface area contributed by atoms with Crippen molar-refractivity contribution in [2.45, 2.75) is 13.1 Å². The van der Waals surface area contributed by atoms with Crippen molar-refractivity contribution < 1.29 is 0 Å². The molecule has 0 bridgehead atoms. The highest BCUT2D eigenvalue weighted by atomic mass is 32.2. The normalized spacial score (nSPS) is 11.1. The SMILES string of the molecule is CNCc1cccc2ccn(CCSC)c12. The number of rotatable bonds is 5. The van der Waals surface area contributed by atoms with E-state index in [9.17, 15) is 0 Å². The van der Waals surface area contributed by atoms with Crippen LogP contribution in [-0.4, -0.2) is 23.6 Å². The van der Waals surface area contributed by atoms with Gasteiger partial charge in [-0.25, -0.2) is 0 Å². The van der Waals surface area contributed by atoms with Crippen LogP contribution in [0, 0.1) is 0 Å². The summed E-state index contributed by atoms with van der Waals surface area (Å²) in [6.45, 7) is 2.02. The van der Waals surface area contributed by atoms with Crippen LogP contribution in [0.25, 0.3) is 10.9 Å². The highest BCUT2D eigenvalue weighted by Crippen LogP contribution is 2.20. The van der Waals surface area contributed by atoms with Crippen LogP contribution in [0.15, 0.2) is 30.5 Å². The van der Waals surface area contributed by atoms with E-state index in [1.165, 1.54) is 16.5 Å². The predicted octanol–water partition coefficient (Wildman–Crippen LogP) is 2.72. The molecule has 3 heteroatoms. The quantitative estimate of drug-likeness (QED) is 0.856. The number of thioether (sulfide) groups is 1. The lowest BCUT2D eigenvalue weighted by atomic mass is 10.1. The smallest absolute Gasteiger partial charge is 0.0526 e. The molecule has 0 atom stereocenters. The molecule has 0 aliphatic rings. The van der Waals surface area contributed by atoms with Crippen molar-refractivity contribution in [1.82, 2.24) is 9.88 Å². The van der Waals surface area contributed by atoms with E-state index in [1.807, 2.05) is 18.8 Å². The summed E-state index contributed by atoms with van der Waals surface area (Å²) in [5.74, 6) is 1.16. The zero-order chi connectivity index (χ0) is 11.4. The third-order valence-electron chi connectivity index (χ3n) is 2.78. The first-order chi connectivity index (χ1) is 7.86. The number of benzene rings is 1. The lowest BCUT2D eigenvalue weighted by Gasteiger charge is -2.09. The Balaban J connectivity index is 2.41. The van der Waals surface area contributed by atoms with Crippen LogP contribution >= 0.6 is 11.8 Å². The van der Waals surface area contributed by atoms with Gasteiger partial charge in [0, 0.05) is 25.0 Å². The van der Waals surface area contributed by atoms with Gasteiger partial charge in [0.2, 0.25) is 0 Å². The second-order valence-corrected chi connectivity index (χ2v) is 4.87. The molecule has 0 saturated heterocycles. The van der Waals surface area contributed by atoms with E-state index in [0.29, 0.717) is 0 Å². The number of aryl methyl sites for hydroxylation is 1. The van der Waals surface area contributed by atoms with Crippen LogP contribution in [0.1, 0.15) is 5.56 Å². The van der Waals surface area contributed by atoms with Gasteiger partial charge in [0.05, 0.1) is 5.52 Å². The minimum Gasteiger partial charge on any atom is -0.346 e. The van der Waals surface area contributed by atoms with Gasteiger partial charge in [0.25, 0.3) is 0 Å².